The molecule has 2 rings (SSSR count). The van der Waals surface area contributed by atoms with Crippen molar-refractivity contribution in [1.29, 1.82) is 0 Å². The van der Waals surface area contributed by atoms with Crippen molar-refractivity contribution in [2.45, 2.75) is 69.1 Å². The zero-order valence-corrected chi connectivity index (χ0v) is 25.2. The van der Waals surface area contributed by atoms with Gasteiger partial charge < -0.3 is 58.9 Å². The number of carboxylic acids is 1. The largest absolute Gasteiger partial charge is 0.488 e. The standard InChI is InChI=1S/C27H42BN9O9/c29-10-2-1-4-18-24(42)35-17(5-3-11-32-27(30)31)23(41)33-14-21(38)34-20(13-22(39)40)26(44)37-19(25(43)36-18)12-15-6-8-16(9-7-15)28(45)46/h6-9,17-20,45-46H,1-5,10-14,29H2,(H,33,41)(H,34,38)(H,35,42)(H,36,43)(H,37,44)(H,39,40)(H4,30,31,32)/t17-,18-,19+,20-/m0/s1. The quantitative estimate of drug-likeness (QED) is 0.0414. The van der Waals surface area contributed by atoms with Crippen LogP contribution >= 0.6 is 0 Å². The molecule has 1 aliphatic rings. The third-order valence-corrected chi connectivity index (χ3v) is 6.96. The van der Waals surface area contributed by atoms with Crippen LogP contribution in [0.3, 0.4) is 0 Å². The summed E-state index contributed by atoms with van der Waals surface area (Å²) < 4.78 is 0. The summed E-state index contributed by atoms with van der Waals surface area (Å²) in [6.45, 7) is -0.183. The van der Waals surface area contributed by atoms with Crippen molar-refractivity contribution in [1.82, 2.24) is 26.6 Å². The first-order valence-corrected chi connectivity index (χ1v) is 14.7. The number of nitrogens with zero attached hydrogens (tertiary/aromatic N) is 1. The number of carboxylic acid groups (broad SMARTS) is 1. The Morgan fingerprint density at radius 1 is 0.804 bits per heavy atom. The molecular formula is C27H42BN9O9. The van der Waals surface area contributed by atoms with Gasteiger partial charge in [-0.2, -0.15) is 0 Å². The Morgan fingerprint density at radius 3 is 1.96 bits per heavy atom. The van der Waals surface area contributed by atoms with Gasteiger partial charge in [0.15, 0.2) is 5.96 Å². The van der Waals surface area contributed by atoms with Crippen LogP contribution in [0.1, 0.15) is 44.1 Å². The van der Waals surface area contributed by atoms with E-state index < -0.39 is 79.8 Å². The molecule has 1 aromatic carbocycles. The predicted molar refractivity (Wildman–Crippen MR) is 166 cm³/mol. The first-order valence-electron chi connectivity index (χ1n) is 14.7. The highest BCUT2D eigenvalue weighted by Crippen LogP contribution is 2.09. The van der Waals surface area contributed by atoms with E-state index in [9.17, 15) is 43.9 Å². The number of carbonyl (C=O) groups is 6. The topological polar surface area (TPSA) is 314 Å². The fourth-order valence-electron chi connectivity index (χ4n) is 4.54. The highest BCUT2D eigenvalue weighted by atomic mass is 16.4. The third kappa shape index (κ3) is 13.1. The lowest BCUT2D eigenvalue weighted by molar-refractivity contribution is -0.141. The van der Waals surface area contributed by atoms with Crippen molar-refractivity contribution in [2.75, 3.05) is 19.6 Å². The number of nitrogens with two attached hydrogens (primary N) is 3. The Bertz CT molecular complexity index is 1260. The molecule has 46 heavy (non-hydrogen) atoms. The molecule has 1 aromatic rings. The molecular weight excluding hydrogens is 605 g/mol. The highest BCUT2D eigenvalue weighted by Gasteiger charge is 2.33. The number of amides is 5. The molecule has 0 spiro atoms. The molecule has 5 amide bonds. The maximum absolute atomic E-state index is 13.6. The number of unbranched alkanes of at least 4 members (excludes halogenated alkanes) is 1. The lowest BCUT2D eigenvalue weighted by Crippen LogP contribution is -2.58. The lowest BCUT2D eigenvalue weighted by Gasteiger charge is -2.26. The maximum Gasteiger partial charge on any atom is 0.488 e. The van der Waals surface area contributed by atoms with Crippen LogP contribution in [0, 0.1) is 0 Å². The van der Waals surface area contributed by atoms with Crippen LogP contribution in [-0.2, 0) is 35.2 Å². The summed E-state index contributed by atoms with van der Waals surface area (Å²) in [5.41, 5.74) is 17.0. The van der Waals surface area contributed by atoms with Crippen LogP contribution in [0.25, 0.3) is 0 Å². The molecule has 1 fully saturated rings. The smallest absolute Gasteiger partial charge is 0.481 e. The second-order valence-electron chi connectivity index (χ2n) is 10.7. The number of aliphatic imine (C=N–C) groups is 1. The van der Waals surface area contributed by atoms with Gasteiger partial charge in [-0.25, -0.2) is 0 Å². The predicted octanol–water partition coefficient (Wildman–Crippen LogP) is -5.36. The van der Waals surface area contributed by atoms with Gasteiger partial charge in [0.25, 0.3) is 0 Å². The fourth-order valence-corrected chi connectivity index (χ4v) is 4.54. The second kappa shape index (κ2) is 18.9. The van der Waals surface area contributed by atoms with Gasteiger partial charge in [-0.3, -0.25) is 33.8 Å². The lowest BCUT2D eigenvalue weighted by atomic mass is 9.80. The van der Waals surface area contributed by atoms with Gasteiger partial charge in [-0.1, -0.05) is 24.3 Å². The highest BCUT2D eigenvalue weighted by molar-refractivity contribution is 6.58. The molecule has 4 atom stereocenters. The molecule has 14 N–H and O–H groups in total. The van der Waals surface area contributed by atoms with Crippen molar-refractivity contribution in [3.05, 3.63) is 29.8 Å². The van der Waals surface area contributed by atoms with Gasteiger partial charge in [0.05, 0.1) is 13.0 Å². The zero-order valence-electron chi connectivity index (χ0n) is 25.2. The summed E-state index contributed by atoms with van der Waals surface area (Å²) in [6.07, 6.45) is 0.411. The Morgan fingerprint density at radius 2 is 1.37 bits per heavy atom. The van der Waals surface area contributed by atoms with Gasteiger partial charge in [0.2, 0.25) is 29.5 Å². The van der Waals surface area contributed by atoms with Crippen molar-refractivity contribution < 1.29 is 43.9 Å². The van der Waals surface area contributed by atoms with E-state index >= 15 is 0 Å². The van der Waals surface area contributed by atoms with Crippen LogP contribution < -0.4 is 49.2 Å². The zero-order chi connectivity index (χ0) is 34.2. The van der Waals surface area contributed by atoms with Crippen LogP contribution in [0.5, 0.6) is 0 Å². The van der Waals surface area contributed by atoms with Gasteiger partial charge in [-0.15, -0.1) is 0 Å². The minimum Gasteiger partial charge on any atom is -0.481 e. The molecule has 0 bridgehead atoms. The fraction of sp³-hybridized carbons (Fsp3) is 0.519. The third-order valence-electron chi connectivity index (χ3n) is 6.96. The SMILES string of the molecule is NCCCC[C@@H]1NC(=O)[C@@H](Cc2ccc(B(O)O)cc2)NC(=O)[C@H](CC(=O)O)NC(=O)CNC(=O)[C@H](CCCN=C(N)N)NC1=O. The van der Waals surface area contributed by atoms with E-state index in [1.807, 2.05) is 0 Å². The average Bonchev–Trinajstić information content (AvgIpc) is 2.99. The number of hydrogen-bond acceptors (Lipinski definition) is 10. The molecule has 252 valence electrons. The second-order valence-corrected chi connectivity index (χ2v) is 10.7. The van der Waals surface area contributed by atoms with Crippen LogP contribution in [-0.4, -0.2) is 108 Å². The molecule has 0 saturated carbocycles. The molecule has 1 heterocycles. The van der Waals surface area contributed by atoms with Crippen LogP contribution in [0.4, 0.5) is 0 Å². The molecule has 18 nitrogen and oxygen atoms in total. The Labute approximate surface area is 265 Å². The molecule has 0 radical (unpaired) electrons. The van der Waals surface area contributed by atoms with E-state index in [4.69, 9.17) is 17.2 Å². The van der Waals surface area contributed by atoms with Crippen LogP contribution in [0.15, 0.2) is 29.3 Å². The minimum atomic E-state index is -1.74. The monoisotopic (exact) mass is 647 g/mol. The molecule has 0 unspecified atom stereocenters. The number of benzene rings is 1. The number of nitrogens with one attached hydrogen (secondary N) is 5. The minimum absolute atomic E-state index is 0.0578. The summed E-state index contributed by atoms with van der Waals surface area (Å²) >= 11 is 0. The molecule has 0 aromatic heterocycles. The van der Waals surface area contributed by atoms with E-state index in [1.54, 1.807) is 0 Å². The number of rotatable bonds is 13. The average molecular weight is 647 g/mol. The Balaban J connectivity index is 2.47. The van der Waals surface area contributed by atoms with E-state index in [0.717, 1.165) is 0 Å². The molecule has 1 aliphatic heterocycles. The normalized spacial score (nSPS) is 21.3. The number of hydrogen-bond donors (Lipinski definition) is 11. The van der Waals surface area contributed by atoms with E-state index in [-0.39, 0.29) is 43.7 Å². The Kier molecular flexibility index (Phi) is 15.4. The molecule has 0 aliphatic carbocycles. The van der Waals surface area contributed by atoms with Crippen LogP contribution in [0.2, 0.25) is 0 Å². The molecule has 19 heteroatoms. The molecule has 1 saturated heterocycles. The summed E-state index contributed by atoms with van der Waals surface area (Å²) in [6, 6.07) is 0.476. The first kappa shape index (κ1) is 37.4. The van der Waals surface area contributed by atoms with E-state index in [0.29, 0.717) is 24.9 Å². The summed E-state index contributed by atoms with van der Waals surface area (Å²) in [7, 11) is -1.74. The van der Waals surface area contributed by atoms with Gasteiger partial charge >= 0.3 is 13.1 Å². The van der Waals surface area contributed by atoms with E-state index in [1.165, 1.54) is 24.3 Å². The summed E-state index contributed by atoms with van der Waals surface area (Å²) in [5.74, 6) is -5.74. The summed E-state index contributed by atoms with van der Waals surface area (Å²) in [5, 5.41) is 40.5. The first-order chi connectivity index (χ1) is 21.8. The van der Waals surface area contributed by atoms with Gasteiger partial charge in [0, 0.05) is 13.0 Å². The van der Waals surface area contributed by atoms with Gasteiger partial charge in [0.1, 0.15) is 24.2 Å². The van der Waals surface area contributed by atoms with Crippen molar-refractivity contribution in [3.63, 3.8) is 0 Å². The van der Waals surface area contributed by atoms with Gasteiger partial charge in [-0.05, 0) is 49.7 Å². The number of guanidine groups is 1. The number of aliphatic carboxylic acids is 1. The maximum atomic E-state index is 13.6. The van der Waals surface area contributed by atoms with Crippen molar-refractivity contribution in [3.8, 4) is 0 Å². The van der Waals surface area contributed by atoms with Crippen molar-refractivity contribution >= 4 is 54.0 Å². The Hall–Kier alpha value is -4.75. The van der Waals surface area contributed by atoms with E-state index in [2.05, 4.69) is 31.6 Å². The van der Waals surface area contributed by atoms with Crippen molar-refractivity contribution in [2.24, 2.45) is 22.2 Å². The summed E-state index contributed by atoms with van der Waals surface area (Å²) in [4.78, 5) is 81.5. The number of carbonyl (C=O) groups excluding carboxylic acids is 5.